The van der Waals surface area contributed by atoms with E-state index in [0.717, 1.165) is 0 Å². The zero-order valence-corrected chi connectivity index (χ0v) is 27.4. The van der Waals surface area contributed by atoms with Crippen LogP contribution in [0.5, 0.6) is 0 Å². The second-order valence-corrected chi connectivity index (χ2v) is 13.8. The average Bonchev–Trinajstić information content (AvgIpc) is 3.34. The molecule has 0 heteroatoms. The summed E-state index contributed by atoms with van der Waals surface area (Å²) in [5.41, 5.74) is 15.8. The molecule has 0 amide bonds. The molecule has 0 aromatic heterocycles. The van der Waals surface area contributed by atoms with Crippen molar-refractivity contribution in [2.24, 2.45) is 0 Å². The lowest BCUT2D eigenvalue weighted by molar-refractivity contribution is 0.660. The molecule has 0 nitrogen and oxygen atoms in total. The van der Waals surface area contributed by atoms with Gasteiger partial charge in [0.05, 0.1) is 0 Å². The standard InChI is InChI=1S/C47H36/c1-29-20-21-35(26-30(29)2)44-36-14-7-8-15-37(36)45(40-17-11-19-43-46(40)39-16-9-10-18-42(39)47(43,3)4)41-28-34(24-25-38(41)44)33-23-22-31-12-5-6-13-32(31)27-33/h5-28H,1-4H3. The molecule has 0 unspecified atom stereocenters. The largest absolute Gasteiger partial charge is 0.0619 e. The topological polar surface area (TPSA) is 0 Å². The van der Waals surface area contributed by atoms with E-state index in [2.05, 4.69) is 173 Å². The summed E-state index contributed by atoms with van der Waals surface area (Å²) in [6.07, 6.45) is 0. The van der Waals surface area contributed by atoms with Crippen LogP contribution in [0.25, 0.3) is 76.8 Å². The van der Waals surface area contributed by atoms with Gasteiger partial charge in [-0.1, -0.05) is 147 Å². The Hall–Kier alpha value is -5.46. The molecule has 0 radical (unpaired) electrons. The van der Waals surface area contributed by atoms with Gasteiger partial charge < -0.3 is 0 Å². The summed E-state index contributed by atoms with van der Waals surface area (Å²) in [4.78, 5) is 0. The smallest absolute Gasteiger partial charge is 0.0159 e. The van der Waals surface area contributed by atoms with Crippen LogP contribution in [0.2, 0.25) is 0 Å². The van der Waals surface area contributed by atoms with Crippen LogP contribution in [-0.2, 0) is 5.41 Å². The summed E-state index contributed by atoms with van der Waals surface area (Å²) in [6.45, 7) is 9.17. The van der Waals surface area contributed by atoms with E-state index in [1.807, 2.05) is 0 Å². The normalized spacial score (nSPS) is 13.3. The zero-order chi connectivity index (χ0) is 31.9. The van der Waals surface area contributed by atoms with Gasteiger partial charge in [-0.15, -0.1) is 0 Å². The van der Waals surface area contributed by atoms with Gasteiger partial charge in [0, 0.05) is 5.41 Å². The summed E-state index contributed by atoms with van der Waals surface area (Å²) >= 11 is 0. The van der Waals surface area contributed by atoms with Crippen molar-refractivity contribution in [1.29, 1.82) is 0 Å². The number of benzene rings is 8. The third-order valence-electron chi connectivity index (χ3n) is 10.8. The van der Waals surface area contributed by atoms with Crippen molar-refractivity contribution in [3.8, 4) is 44.5 Å². The first kappa shape index (κ1) is 27.8. The number of fused-ring (bicyclic) bond motifs is 6. The molecule has 0 fully saturated rings. The van der Waals surface area contributed by atoms with Crippen molar-refractivity contribution in [1.82, 2.24) is 0 Å². The molecule has 0 spiro atoms. The first-order chi connectivity index (χ1) is 22.9. The van der Waals surface area contributed by atoms with E-state index in [1.54, 1.807) is 0 Å². The summed E-state index contributed by atoms with van der Waals surface area (Å²) in [5, 5.41) is 7.69. The van der Waals surface area contributed by atoms with Crippen molar-refractivity contribution in [3.05, 3.63) is 168 Å². The van der Waals surface area contributed by atoms with Crippen LogP contribution >= 0.6 is 0 Å². The number of hydrogen-bond donors (Lipinski definition) is 0. The van der Waals surface area contributed by atoms with E-state index in [0.29, 0.717) is 0 Å². The Bertz CT molecular complexity index is 2560. The van der Waals surface area contributed by atoms with Gasteiger partial charge in [-0.3, -0.25) is 0 Å². The fourth-order valence-corrected chi connectivity index (χ4v) is 8.19. The SMILES string of the molecule is Cc1ccc(-c2c3ccccc3c(-c3cccc4c3-c3ccccc3C4(C)C)c3cc(-c4ccc5ccccc5c4)ccc23)cc1C. The Morgan fingerprint density at radius 2 is 0.979 bits per heavy atom. The van der Waals surface area contributed by atoms with Gasteiger partial charge in [-0.25, -0.2) is 0 Å². The minimum Gasteiger partial charge on any atom is -0.0619 e. The van der Waals surface area contributed by atoms with E-state index in [1.165, 1.54) is 99.1 Å². The Labute approximate surface area is 277 Å². The van der Waals surface area contributed by atoms with Crippen LogP contribution in [0.3, 0.4) is 0 Å². The fourth-order valence-electron chi connectivity index (χ4n) is 8.19. The number of rotatable bonds is 3. The monoisotopic (exact) mass is 600 g/mol. The van der Waals surface area contributed by atoms with Crippen molar-refractivity contribution in [2.45, 2.75) is 33.1 Å². The molecule has 0 bridgehead atoms. The zero-order valence-electron chi connectivity index (χ0n) is 27.4. The summed E-state index contributed by atoms with van der Waals surface area (Å²) in [6, 6.07) is 54.6. The molecular formula is C47H36. The molecule has 0 saturated heterocycles. The molecule has 0 N–H and O–H groups in total. The van der Waals surface area contributed by atoms with Crippen LogP contribution in [0.15, 0.2) is 146 Å². The average molecular weight is 601 g/mol. The molecular weight excluding hydrogens is 565 g/mol. The molecule has 0 saturated carbocycles. The Kier molecular flexibility index (Phi) is 6.08. The summed E-state index contributed by atoms with van der Waals surface area (Å²) in [7, 11) is 0. The van der Waals surface area contributed by atoms with Crippen molar-refractivity contribution >= 4 is 32.3 Å². The molecule has 224 valence electrons. The quantitative estimate of drug-likeness (QED) is 0.177. The minimum absolute atomic E-state index is 0.0663. The van der Waals surface area contributed by atoms with E-state index < -0.39 is 0 Å². The van der Waals surface area contributed by atoms with Crippen LogP contribution in [0.1, 0.15) is 36.1 Å². The van der Waals surface area contributed by atoms with Gasteiger partial charge in [0.25, 0.3) is 0 Å². The van der Waals surface area contributed by atoms with E-state index in [4.69, 9.17) is 0 Å². The Balaban J connectivity index is 1.43. The minimum atomic E-state index is -0.0663. The van der Waals surface area contributed by atoms with Gasteiger partial charge in [0.15, 0.2) is 0 Å². The predicted octanol–water partition coefficient (Wildman–Crippen LogP) is 13.1. The van der Waals surface area contributed by atoms with Crippen LogP contribution in [0, 0.1) is 13.8 Å². The van der Waals surface area contributed by atoms with E-state index >= 15 is 0 Å². The van der Waals surface area contributed by atoms with Gasteiger partial charge in [-0.05, 0) is 125 Å². The maximum atomic E-state index is 2.46. The Morgan fingerprint density at radius 1 is 0.362 bits per heavy atom. The highest BCUT2D eigenvalue weighted by Gasteiger charge is 2.37. The molecule has 0 atom stereocenters. The highest BCUT2D eigenvalue weighted by Crippen LogP contribution is 2.54. The van der Waals surface area contributed by atoms with Gasteiger partial charge >= 0.3 is 0 Å². The van der Waals surface area contributed by atoms with Crippen LogP contribution < -0.4 is 0 Å². The van der Waals surface area contributed by atoms with Crippen LogP contribution in [-0.4, -0.2) is 0 Å². The van der Waals surface area contributed by atoms with Crippen molar-refractivity contribution in [2.75, 3.05) is 0 Å². The lowest BCUT2D eigenvalue weighted by Crippen LogP contribution is -2.14. The molecule has 0 aliphatic heterocycles. The summed E-state index contributed by atoms with van der Waals surface area (Å²) < 4.78 is 0. The predicted molar refractivity (Wildman–Crippen MR) is 202 cm³/mol. The highest BCUT2D eigenvalue weighted by molar-refractivity contribution is 6.23. The second kappa shape index (κ2) is 10.3. The van der Waals surface area contributed by atoms with Crippen molar-refractivity contribution < 1.29 is 0 Å². The van der Waals surface area contributed by atoms with Crippen molar-refractivity contribution in [3.63, 3.8) is 0 Å². The molecule has 8 aromatic rings. The third kappa shape index (κ3) is 4.14. The lowest BCUT2D eigenvalue weighted by atomic mass is 9.80. The Morgan fingerprint density at radius 3 is 1.81 bits per heavy atom. The molecule has 9 rings (SSSR count). The molecule has 47 heavy (non-hydrogen) atoms. The maximum absolute atomic E-state index is 2.46. The van der Waals surface area contributed by atoms with Crippen LogP contribution in [0.4, 0.5) is 0 Å². The molecule has 0 heterocycles. The summed E-state index contributed by atoms with van der Waals surface area (Å²) in [5.74, 6) is 0. The first-order valence-electron chi connectivity index (χ1n) is 16.7. The molecule has 1 aliphatic rings. The van der Waals surface area contributed by atoms with E-state index in [9.17, 15) is 0 Å². The fraction of sp³-hybridized carbons (Fsp3) is 0.106. The van der Waals surface area contributed by atoms with Gasteiger partial charge in [0.2, 0.25) is 0 Å². The van der Waals surface area contributed by atoms with Gasteiger partial charge in [0.1, 0.15) is 0 Å². The number of aryl methyl sites for hydroxylation is 2. The van der Waals surface area contributed by atoms with E-state index in [-0.39, 0.29) is 5.41 Å². The number of hydrogen-bond acceptors (Lipinski definition) is 0. The first-order valence-corrected chi connectivity index (χ1v) is 16.7. The highest BCUT2D eigenvalue weighted by atomic mass is 14.4. The molecule has 8 aromatic carbocycles. The molecule has 1 aliphatic carbocycles. The van der Waals surface area contributed by atoms with Gasteiger partial charge in [-0.2, -0.15) is 0 Å². The second-order valence-electron chi connectivity index (χ2n) is 13.8. The third-order valence-corrected chi connectivity index (χ3v) is 10.8. The maximum Gasteiger partial charge on any atom is 0.0159 e. The lowest BCUT2D eigenvalue weighted by Gasteiger charge is -2.23.